The number of benzene rings is 2. The minimum absolute atomic E-state index is 0.00844. The quantitative estimate of drug-likeness (QED) is 0.681. The molecule has 8 nitrogen and oxygen atoms in total. The molecular formula is C21H26N2O6S. The van der Waals surface area contributed by atoms with E-state index in [9.17, 15) is 13.2 Å². The number of sulfonamides is 1. The number of nitrogens with zero attached hydrogens (tertiary/aromatic N) is 1. The normalized spacial score (nSPS) is 14.0. The van der Waals surface area contributed by atoms with Crippen LogP contribution in [0, 0.1) is 0 Å². The molecule has 0 bridgehead atoms. The Morgan fingerprint density at radius 3 is 2.30 bits per heavy atom. The summed E-state index contributed by atoms with van der Waals surface area (Å²) in [6.07, 6.45) is 0.586. The molecule has 3 rings (SSSR count). The third-order valence-electron chi connectivity index (χ3n) is 5.07. The van der Waals surface area contributed by atoms with Crippen LogP contribution in [0.4, 0.5) is 0 Å². The van der Waals surface area contributed by atoms with Crippen molar-refractivity contribution in [3.8, 4) is 17.2 Å². The molecule has 0 unspecified atom stereocenters. The molecule has 0 spiro atoms. The zero-order valence-electron chi connectivity index (χ0n) is 17.3. The maximum absolute atomic E-state index is 12.8. The Morgan fingerprint density at radius 2 is 1.63 bits per heavy atom. The highest BCUT2D eigenvalue weighted by atomic mass is 32.2. The van der Waals surface area contributed by atoms with Gasteiger partial charge in [-0.3, -0.25) is 4.79 Å². The number of fused-ring (bicyclic) bond motifs is 1. The van der Waals surface area contributed by atoms with Gasteiger partial charge in [0.15, 0.2) is 11.5 Å². The topological polar surface area (TPSA) is 94.2 Å². The molecule has 0 aliphatic carbocycles. The van der Waals surface area contributed by atoms with Crippen molar-refractivity contribution in [3.63, 3.8) is 0 Å². The summed E-state index contributed by atoms with van der Waals surface area (Å²) in [6, 6.07) is 10.5. The van der Waals surface area contributed by atoms with Crippen LogP contribution in [0.15, 0.2) is 36.4 Å². The van der Waals surface area contributed by atoms with Crippen molar-refractivity contribution in [3.05, 3.63) is 53.1 Å². The average molecular weight is 435 g/mol. The Morgan fingerprint density at radius 1 is 1.00 bits per heavy atom. The molecule has 30 heavy (non-hydrogen) atoms. The Balaban J connectivity index is 1.63. The molecule has 1 N–H and O–H groups in total. The summed E-state index contributed by atoms with van der Waals surface area (Å²) in [5.74, 6) is 1.08. The molecule has 1 amide bonds. The summed E-state index contributed by atoms with van der Waals surface area (Å²) < 4.78 is 42.9. The smallest absolute Gasteiger partial charge is 0.255 e. The van der Waals surface area contributed by atoms with E-state index in [1.165, 1.54) is 11.4 Å². The lowest BCUT2D eigenvalue weighted by molar-refractivity contribution is 0.0953. The van der Waals surface area contributed by atoms with Crippen molar-refractivity contribution in [1.82, 2.24) is 9.62 Å². The van der Waals surface area contributed by atoms with E-state index in [-0.39, 0.29) is 24.7 Å². The lowest BCUT2D eigenvalue weighted by Gasteiger charge is -2.29. The van der Waals surface area contributed by atoms with Gasteiger partial charge >= 0.3 is 0 Å². The monoisotopic (exact) mass is 434 g/mol. The molecule has 9 heteroatoms. The van der Waals surface area contributed by atoms with Crippen molar-refractivity contribution in [2.75, 3.05) is 40.2 Å². The molecule has 162 valence electrons. The number of rotatable bonds is 8. The third-order valence-corrected chi connectivity index (χ3v) is 6.89. The lowest BCUT2D eigenvalue weighted by Crippen LogP contribution is -2.40. The van der Waals surface area contributed by atoms with Crippen molar-refractivity contribution in [1.29, 1.82) is 0 Å². The average Bonchev–Trinajstić information content (AvgIpc) is 2.77. The van der Waals surface area contributed by atoms with Crippen molar-refractivity contribution >= 4 is 15.9 Å². The first kappa shape index (κ1) is 21.9. The molecule has 0 radical (unpaired) electrons. The molecule has 1 aliphatic rings. The number of hydrogen-bond acceptors (Lipinski definition) is 6. The third kappa shape index (κ3) is 4.68. The SMILES string of the molecule is COc1cc2c(cc1OC)CN(S(=O)(=O)CCNC(=O)c1ccccc1OC)CC2. The molecule has 2 aromatic rings. The summed E-state index contributed by atoms with van der Waals surface area (Å²) in [5.41, 5.74) is 2.30. The number of nitrogens with one attached hydrogen (secondary N) is 1. The first-order chi connectivity index (χ1) is 14.4. The Hall–Kier alpha value is -2.78. The van der Waals surface area contributed by atoms with Crippen LogP contribution >= 0.6 is 0 Å². The van der Waals surface area contributed by atoms with Gasteiger partial charge in [0.1, 0.15) is 5.75 Å². The van der Waals surface area contributed by atoms with Gasteiger partial charge in [-0.1, -0.05) is 12.1 Å². The first-order valence-corrected chi connectivity index (χ1v) is 11.1. The highest BCUT2D eigenvalue weighted by Crippen LogP contribution is 2.33. The molecule has 0 atom stereocenters. The van der Waals surface area contributed by atoms with Crippen molar-refractivity contribution in [2.24, 2.45) is 0 Å². The summed E-state index contributed by atoms with van der Waals surface area (Å²) in [5, 5.41) is 2.66. The predicted octanol–water partition coefficient (Wildman–Crippen LogP) is 1.83. The number of amides is 1. The van der Waals surface area contributed by atoms with Gasteiger partial charge in [-0.05, 0) is 41.8 Å². The van der Waals surface area contributed by atoms with E-state index in [1.807, 2.05) is 12.1 Å². The number of ether oxygens (including phenoxy) is 3. The summed E-state index contributed by atoms with van der Waals surface area (Å²) >= 11 is 0. The van der Waals surface area contributed by atoms with Crippen LogP contribution in [0.2, 0.25) is 0 Å². The Labute approximate surface area is 176 Å². The van der Waals surface area contributed by atoms with E-state index >= 15 is 0 Å². The van der Waals surface area contributed by atoms with Gasteiger partial charge in [0.05, 0.1) is 32.6 Å². The highest BCUT2D eigenvalue weighted by molar-refractivity contribution is 7.89. The Bertz CT molecular complexity index is 1020. The van der Waals surface area contributed by atoms with Gasteiger partial charge in [0.25, 0.3) is 5.91 Å². The molecule has 1 aliphatic heterocycles. The largest absolute Gasteiger partial charge is 0.496 e. The fourth-order valence-electron chi connectivity index (χ4n) is 3.44. The van der Waals surface area contributed by atoms with E-state index < -0.39 is 10.0 Å². The van der Waals surface area contributed by atoms with Crippen LogP contribution < -0.4 is 19.5 Å². The van der Waals surface area contributed by atoms with Crippen LogP contribution in [0.25, 0.3) is 0 Å². The fourth-order valence-corrected chi connectivity index (χ4v) is 4.77. The van der Waals surface area contributed by atoms with E-state index in [2.05, 4.69) is 5.32 Å². The molecule has 0 fully saturated rings. The number of carbonyl (C=O) groups excluding carboxylic acids is 1. The minimum Gasteiger partial charge on any atom is -0.496 e. The number of carbonyl (C=O) groups is 1. The fraction of sp³-hybridized carbons (Fsp3) is 0.381. The number of para-hydroxylation sites is 1. The summed E-state index contributed by atoms with van der Waals surface area (Å²) in [7, 11) is 1.06. The van der Waals surface area contributed by atoms with Crippen LogP contribution in [-0.2, 0) is 23.0 Å². The standard InChI is InChI=1S/C21H26N2O6S/c1-27-18-7-5-4-6-17(18)21(24)22-9-11-30(25,26)23-10-8-15-12-19(28-2)20(29-3)13-16(15)14-23/h4-7,12-13H,8-11,14H2,1-3H3,(H,22,24). The van der Waals surface area contributed by atoms with Gasteiger partial charge in [0, 0.05) is 19.6 Å². The molecule has 0 aromatic heterocycles. The molecular weight excluding hydrogens is 408 g/mol. The highest BCUT2D eigenvalue weighted by Gasteiger charge is 2.28. The zero-order valence-corrected chi connectivity index (χ0v) is 18.1. The van der Waals surface area contributed by atoms with E-state index in [0.29, 0.717) is 35.8 Å². The minimum atomic E-state index is -3.54. The van der Waals surface area contributed by atoms with Gasteiger partial charge in [-0.15, -0.1) is 0 Å². The number of methoxy groups -OCH3 is 3. The molecule has 2 aromatic carbocycles. The van der Waals surface area contributed by atoms with E-state index in [0.717, 1.165) is 11.1 Å². The second-order valence-corrected chi connectivity index (χ2v) is 8.92. The zero-order chi connectivity index (χ0) is 21.7. The second-order valence-electron chi connectivity index (χ2n) is 6.83. The van der Waals surface area contributed by atoms with Crippen LogP contribution in [-0.4, -0.2) is 58.8 Å². The van der Waals surface area contributed by atoms with Gasteiger partial charge in [-0.2, -0.15) is 4.31 Å². The van der Waals surface area contributed by atoms with E-state index in [4.69, 9.17) is 14.2 Å². The van der Waals surface area contributed by atoms with Gasteiger partial charge < -0.3 is 19.5 Å². The second kappa shape index (κ2) is 9.36. The van der Waals surface area contributed by atoms with Crippen LogP contribution in [0.1, 0.15) is 21.5 Å². The van der Waals surface area contributed by atoms with Crippen molar-refractivity contribution < 1.29 is 27.4 Å². The van der Waals surface area contributed by atoms with Gasteiger partial charge in [0.2, 0.25) is 10.0 Å². The van der Waals surface area contributed by atoms with Gasteiger partial charge in [-0.25, -0.2) is 8.42 Å². The van der Waals surface area contributed by atoms with E-state index in [1.54, 1.807) is 38.5 Å². The summed E-state index contributed by atoms with van der Waals surface area (Å²) in [4.78, 5) is 12.4. The maximum atomic E-state index is 12.8. The summed E-state index contributed by atoms with van der Waals surface area (Å²) in [6.45, 7) is 0.651. The first-order valence-electron chi connectivity index (χ1n) is 9.52. The molecule has 0 saturated heterocycles. The maximum Gasteiger partial charge on any atom is 0.255 e. The van der Waals surface area contributed by atoms with Crippen LogP contribution in [0.3, 0.4) is 0 Å². The Kier molecular flexibility index (Phi) is 6.84. The lowest BCUT2D eigenvalue weighted by atomic mass is 10.0. The molecule has 0 saturated carbocycles. The predicted molar refractivity (Wildman–Crippen MR) is 113 cm³/mol. The molecule has 1 heterocycles. The van der Waals surface area contributed by atoms with Crippen LogP contribution in [0.5, 0.6) is 17.2 Å². The van der Waals surface area contributed by atoms with Crippen molar-refractivity contribution in [2.45, 2.75) is 13.0 Å². The number of hydrogen-bond donors (Lipinski definition) is 1.